The molecule has 8 nitrogen and oxygen atoms in total. The van der Waals surface area contributed by atoms with E-state index in [2.05, 4.69) is 30.2 Å². The number of halogens is 1. The maximum absolute atomic E-state index is 6.15. The zero-order chi connectivity index (χ0) is 21.5. The van der Waals surface area contributed by atoms with E-state index >= 15 is 0 Å². The van der Waals surface area contributed by atoms with Gasteiger partial charge in [0, 0.05) is 18.8 Å². The number of anilines is 2. The van der Waals surface area contributed by atoms with Crippen LogP contribution in [0.2, 0.25) is 5.15 Å². The van der Waals surface area contributed by atoms with Crippen LogP contribution in [0, 0.1) is 13.8 Å². The van der Waals surface area contributed by atoms with E-state index in [1.165, 1.54) is 6.33 Å². The molecular formula is C22H18ClN7O. The minimum Gasteiger partial charge on any atom is -0.455 e. The average Bonchev–Trinajstić information content (AvgIpc) is 3.10. The highest BCUT2D eigenvalue weighted by Gasteiger charge is 2.12. The number of fused-ring (bicyclic) bond motifs is 2. The lowest BCUT2D eigenvalue weighted by atomic mass is 10.2. The molecule has 0 bridgehead atoms. The van der Waals surface area contributed by atoms with Crippen molar-refractivity contribution in [1.82, 2.24) is 29.5 Å². The first-order valence-corrected chi connectivity index (χ1v) is 9.97. The van der Waals surface area contributed by atoms with E-state index in [1.807, 2.05) is 55.8 Å². The second-order valence-electron chi connectivity index (χ2n) is 7.20. The van der Waals surface area contributed by atoms with E-state index < -0.39 is 0 Å². The lowest BCUT2D eigenvalue weighted by Gasteiger charge is -2.13. The first-order chi connectivity index (χ1) is 15.0. The Bertz CT molecular complexity index is 1450. The van der Waals surface area contributed by atoms with Crippen molar-refractivity contribution in [1.29, 1.82) is 0 Å². The second-order valence-corrected chi connectivity index (χ2v) is 7.59. The van der Waals surface area contributed by atoms with Crippen LogP contribution in [-0.4, -0.2) is 29.5 Å². The first-order valence-electron chi connectivity index (χ1n) is 9.59. The molecule has 154 valence electrons. The number of nitrogens with one attached hydrogen (secondary N) is 1. The number of benzene rings is 1. The Hall–Kier alpha value is -3.78. The highest BCUT2D eigenvalue weighted by atomic mass is 35.5. The maximum Gasteiger partial charge on any atom is 0.160 e. The van der Waals surface area contributed by atoms with Gasteiger partial charge in [-0.1, -0.05) is 11.6 Å². The molecule has 0 aliphatic rings. The molecule has 0 amide bonds. The van der Waals surface area contributed by atoms with Crippen molar-refractivity contribution in [2.24, 2.45) is 7.05 Å². The Labute approximate surface area is 182 Å². The fourth-order valence-corrected chi connectivity index (χ4v) is 3.48. The Morgan fingerprint density at radius 2 is 1.81 bits per heavy atom. The minimum absolute atomic E-state index is 0.388. The van der Waals surface area contributed by atoms with Crippen LogP contribution in [0.25, 0.3) is 22.2 Å². The molecule has 4 aromatic heterocycles. The maximum atomic E-state index is 6.15. The number of nitrogens with zero attached hydrogens (tertiary/aromatic N) is 6. The topological polar surface area (TPSA) is 90.6 Å². The van der Waals surface area contributed by atoms with Gasteiger partial charge in [-0.05, 0) is 49.7 Å². The predicted molar refractivity (Wildman–Crippen MR) is 120 cm³/mol. The van der Waals surface area contributed by atoms with Crippen molar-refractivity contribution in [2.45, 2.75) is 13.8 Å². The minimum atomic E-state index is 0.388. The number of aromatic nitrogens is 6. The van der Waals surface area contributed by atoms with Gasteiger partial charge in [-0.2, -0.15) is 0 Å². The summed E-state index contributed by atoms with van der Waals surface area (Å²) in [6.45, 7) is 3.90. The van der Waals surface area contributed by atoms with Crippen LogP contribution < -0.4 is 10.1 Å². The zero-order valence-electron chi connectivity index (χ0n) is 17.1. The van der Waals surface area contributed by atoms with E-state index in [9.17, 15) is 0 Å². The Kier molecular flexibility index (Phi) is 4.63. The summed E-state index contributed by atoms with van der Waals surface area (Å²) in [4.78, 5) is 21.8. The van der Waals surface area contributed by atoms with E-state index in [0.29, 0.717) is 27.8 Å². The Morgan fingerprint density at radius 1 is 0.935 bits per heavy atom. The van der Waals surface area contributed by atoms with Gasteiger partial charge in [0.1, 0.15) is 28.3 Å². The molecule has 0 fully saturated rings. The number of imidazole rings is 1. The third-order valence-electron chi connectivity index (χ3n) is 4.94. The van der Waals surface area contributed by atoms with Crippen molar-refractivity contribution in [3.63, 3.8) is 0 Å². The van der Waals surface area contributed by atoms with Crippen LogP contribution in [0.15, 0.2) is 49.1 Å². The number of hydrogen-bond acceptors (Lipinski definition) is 7. The summed E-state index contributed by atoms with van der Waals surface area (Å²) in [7, 11) is 1.92. The number of pyridine rings is 2. The molecule has 9 heteroatoms. The molecule has 1 aromatic carbocycles. The van der Waals surface area contributed by atoms with Gasteiger partial charge in [0.2, 0.25) is 0 Å². The van der Waals surface area contributed by atoms with E-state index in [0.717, 1.165) is 33.9 Å². The molecular weight excluding hydrogens is 414 g/mol. The summed E-state index contributed by atoms with van der Waals surface area (Å²) in [5, 5.41) is 3.68. The van der Waals surface area contributed by atoms with Gasteiger partial charge in [0.05, 0.1) is 17.5 Å². The van der Waals surface area contributed by atoms with Gasteiger partial charge in [-0.15, -0.1) is 0 Å². The van der Waals surface area contributed by atoms with Gasteiger partial charge in [-0.3, -0.25) is 0 Å². The molecule has 0 aliphatic heterocycles. The molecule has 31 heavy (non-hydrogen) atoms. The van der Waals surface area contributed by atoms with Crippen LogP contribution in [0.4, 0.5) is 11.5 Å². The SMILES string of the molecule is Cc1cc(Nc2ncnc3ccc(Cl)nc23)ccc1Oc1cc2ncn(C)c2nc1C. The van der Waals surface area contributed by atoms with Gasteiger partial charge in [-0.25, -0.2) is 24.9 Å². The molecule has 0 saturated heterocycles. The van der Waals surface area contributed by atoms with E-state index in [4.69, 9.17) is 16.3 Å². The van der Waals surface area contributed by atoms with Crippen molar-refractivity contribution < 1.29 is 4.74 Å². The van der Waals surface area contributed by atoms with E-state index in [1.54, 1.807) is 12.4 Å². The standard InChI is InChI=1S/C22H18ClN7O/c1-12-8-14(28-21-20-15(24-10-25-21)5-7-19(23)29-20)4-6-17(12)31-18-9-16-22(27-13(18)2)30(3)11-26-16/h4-11H,1-3H3,(H,24,25,28). The highest BCUT2D eigenvalue weighted by Crippen LogP contribution is 2.31. The molecule has 0 saturated carbocycles. The predicted octanol–water partition coefficient (Wildman–Crippen LogP) is 5.11. The fourth-order valence-electron chi connectivity index (χ4n) is 3.33. The van der Waals surface area contributed by atoms with Crippen molar-refractivity contribution in [2.75, 3.05) is 5.32 Å². The third kappa shape index (κ3) is 3.62. The van der Waals surface area contributed by atoms with Gasteiger partial charge in [0.15, 0.2) is 17.2 Å². The Balaban J connectivity index is 1.43. The van der Waals surface area contributed by atoms with E-state index in [-0.39, 0.29) is 0 Å². The van der Waals surface area contributed by atoms with Crippen LogP contribution in [-0.2, 0) is 7.05 Å². The van der Waals surface area contributed by atoms with Crippen molar-refractivity contribution >= 4 is 45.3 Å². The lowest BCUT2D eigenvalue weighted by Crippen LogP contribution is -1.99. The lowest BCUT2D eigenvalue weighted by molar-refractivity contribution is 0.473. The zero-order valence-corrected chi connectivity index (χ0v) is 17.8. The molecule has 5 aromatic rings. The number of ether oxygens (including phenoxy) is 1. The Morgan fingerprint density at radius 3 is 2.65 bits per heavy atom. The van der Waals surface area contributed by atoms with Crippen molar-refractivity contribution in [3.8, 4) is 11.5 Å². The molecule has 4 heterocycles. The average molecular weight is 432 g/mol. The van der Waals surface area contributed by atoms with Crippen LogP contribution >= 0.6 is 11.6 Å². The molecule has 0 aliphatic carbocycles. The fraction of sp³-hybridized carbons (Fsp3) is 0.136. The summed E-state index contributed by atoms with van der Waals surface area (Å²) in [5.41, 5.74) is 5.54. The largest absolute Gasteiger partial charge is 0.455 e. The van der Waals surface area contributed by atoms with Crippen LogP contribution in [0.3, 0.4) is 0 Å². The first kappa shape index (κ1) is 19.2. The molecule has 5 rings (SSSR count). The smallest absolute Gasteiger partial charge is 0.160 e. The quantitative estimate of drug-likeness (QED) is 0.395. The summed E-state index contributed by atoms with van der Waals surface area (Å²) in [6.07, 6.45) is 3.24. The van der Waals surface area contributed by atoms with Crippen molar-refractivity contribution in [3.05, 3.63) is 65.5 Å². The second kappa shape index (κ2) is 7.48. The monoisotopic (exact) mass is 431 g/mol. The number of aryl methyl sites for hydroxylation is 3. The van der Waals surface area contributed by atoms with Gasteiger partial charge in [0.25, 0.3) is 0 Å². The summed E-state index contributed by atoms with van der Waals surface area (Å²) >= 11 is 6.05. The summed E-state index contributed by atoms with van der Waals surface area (Å²) < 4.78 is 8.04. The number of rotatable bonds is 4. The summed E-state index contributed by atoms with van der Waals surface area (Å²) in [6, 6.07) is 11.2. The van der Waals surface area contributed by atoms with Gasteiger partial charge >= 0.3 is 0 Å². The number of hydrogen-bond donors (Lipinski definition) is 1. The highest BCUT2D eigenvalue weighted by molar-refractivity contribution is 6.29. The molecule has 1 N–H and O–H groups in total. The normalized spacial score (nSPS) is 11.2. The third-order valence-corrected chi connectivity index (χ3v) is 5.15. The molecule has 0 radical (unpaired) electrons. The van der Waals surface area contributed by atoms with Crippen LogP contribution in [0.5, 0.6) is 11.5 Å². The summed E-state index contributed by atoms with van der Waals surface area (Å²) in [5.74, 6) is 2.00. The van der Waals surface area contributed by atoms with Gasteiger partial charge < -0.3 is 14.6 Å². The van der Waals surface area contributed by atoms with Crippen LogP contribution in [0.1, 0.15) is 11.3 Å². The molecule has 0 spiro atoms. The molecule has 0 unspecified atom stereocenters. The molecule has 0 atom stereocenters.